The van der Waals surface area contributed by atoms with Crippen molar-refractivity contribution in [3.05, 3.63) is 99.6 Å². The maximum absolute atomic E-state index is 14.6. The van der Waals surface area contributed by atoms with Gasteiger partial charge in [0.25, 0.3) is 11.8 Å². The van der Waals surface area contributed by atoms with Gasteiger partial charge in [-0.1, -0.05) is 60.1 Å². The van der Waals surface area contributed by atoms with Crippen LogP contribution in [0.5, 0.6) is 5.75 Å². The van der Waals surface area contributed by atoms with E-state index in [1.807, 2.05) is 19.1 Å². The minimum absolute atomic E-state index is 0.0687. The van der Waals surface area contributed by atoms with E-state index in [1.54, 1.807) is 43.3 Å². The van der Waals surface area contributed by atoms with Crippen LogP contribution in [0.3, 0.4) is 0 Å². The number of phenols is 1. The summed E-state index contributed by atoms with van der Waals surface area (Å²) in [4.78, 5) is 40.9. The summed E-state index contributed by atoms with van der Waals surface area (Å²) >= 11 is 6.26. The first kappa shape index (κ1) is 30.0. The van der Waals surface area contributed by atoms with Gasteiger partial charge in [0.1, 0.15) is 18.0 Å². The molecule has 0 bridgehead atoms. The van der Waals surface area contributed by atoms with Crippen molar-refractivity contribution < 1.29 is 29.0 Å². The number of phenolic OH excluding ortho intramolecular Hbond substituents is 1. The average molecular weight is 582 g/mol. The number of alkyl halides is 1. The minimum Gasteiger partial charge on any atom is -0.508 e. The number of hydrogen-bond acceptors (Lipinski definition) is 5. The summed E-state index contributed by atoms with van der Waals surface area (Å²) in [5, 5.41) is 27.2. The van der Waals surface area contributed by atoms with Crippen LogP contribution in [0.2, 0.25) is 5.02 Å². The van der Waals surface area contributed by atoms with Gasteiger partial charge < -0.3 is 25.7 Å². The van der Waals surface area contributed by atoms with Crippen molar-refractivity contribution in [1.29, 1.82) is 0 Å². The Labute approximate surface area is 243 Å². The predicted molar refractivity (Wildman–Crippen MR) is 153 cm³/mol. The summed E-state index contributed by atoms with van der Waals surface area (Å²) in [5.74, 6) is -2.10. The second-order valence-corrected chi connectivity index (χ2v) is 10.7. The lowest BCUT2D eigenvalue weighted by molar-refractivity contribution is -0.146. The van der Waals surface area contributed by atoms with Gasteiger partial charge in [-0.05, 0) is 55.2 Å². The van der Waals surface area contributed by atoms with Crippen LogP contribution in [-0.2, 0) is 22.6 Å². The molecule has 1 aliphatic rings. The van der Waals surface area contributed by atoms with Gasteiger partial charge in [-0.25, -0.2) is 4.39 Å². The first-order valence-electron chi connectivity index (χ1n) is 13.3. The average Bonchev–Trinajstić information content (AvgIpc) is 3.35. The molecule has 8 nitrogen and oxygen atoms in total. The first-order valence-corrected chi connectivity index (χ1v) is 13.7. The highest BCUT2D eigenvalue weighted by atomic mass is 35.5. The number of carbonyl (C=O) groups excluding carboxylic acids is 3. The second kappa shape index (κ2) is 13.1. The zero-order valence-electron chi connectivity index (χ0n) is 22.8. The summed E-state index contributed by atoms with van der Waals surface area (Å²) in [6, 6.07) is 16.6. The molecular weight excluding hydrogens is 549 g/mol. The second-order valence-electron chi connectivity index (χ2n) is 10.3. The van der Waals surface area contributed by atoms with E-state index in [9.17, 15) is 29.0 Å². The van der Waals surface area contributed by atoms with E-state index in [2.05, 4.69) is 10.6 Å². The highest BCUT2D eigenvalue weighted by Gasteiger charge is 2.43. The van der Waals surface area contributed by atoms with Crippen LogP contribution in [0.4, 0.5) is 4.39 Å². The minimum atomic E-state index is -1.77. The van der Waals surface area contributed by atoms with Crippen molar-refractivity contribution in [2.24, 2.45) is 0 Å². The van der Waals surface area contributed by atoms with Crippen LogP contribution < -0.4 is 10.6 Å². The lowest BCUT2D eigenvalue weighted by Crippen LogP contribution is -2.55. The molecule has 4 atom stereocenters. The molecule has 41 heavy (non-hydrogen) atoms. The Balaban J connectivity index is 1.53. The van der Waals surface area contributed by atoms with Crippen molar-refractivity contribution in [1.82, 2.24) is 15.5 Å². The third-order valence-electron chi connectivity index (χ3n) is 7.43. The van der Waals surface area contributed by atoms with Crippen molar-refractivity contribution >= 4 is 29.3 Å². The molecule has 0 aromatic heterocycles. The quantitative estimate of drug-likeness (QED) is 0.308. The summed E-state index contributed by atoms with van der Waals surface area (Å²) in [6.45, 7) is 3.16. The molecule has 3 amide bonds. The van der Waals surface area contributed by atoms with Crippen molar-refractivity contribution in [3.8, 4) is 5.75 Å². The topological polar surface area (TPSA) is 119 Å². The fraction of sp³-hybridized carbons (Fsp3) is 0.323. The molecule has 3 aromatic rings. The number of amides is 3. The Morgan fingerprint density at radius 1 is 1.05 bits per heavy atom. The molecule has 10 heteroatoms. The number of rotatable bonds is 9. The summed E-state index contributed by atoms with van der Waals surface area (Å²) < 4.78 is 14.6. The van der Waals surface area contributed by atoms with E-state index in [4.69, 9.17) is 11.6 Å². The number of aliphatic hydroxyl groups excluding tert-OH is 1. The molecule has 1 fully saturated rings. The zero-order valence-corrected chi connectivity index (χ0v) is 23.6. The van der Waals surface area contributed by atoms with Crippen molar-refractivity contribution in [3.63, 3.8) is 0 Å². The van der Waals surface area contributed by atoms with E-state index in [-0.39, 0.29) is 37.2 Å². The van der Waals surface area contributed by atoms with Crippen molar-refractivity contribution in [2.45, 2.75) is 57.6 Å². The standard InChI is InChI=1S/C31H33ClFN3O5/c1-18-8-6-12-24(32)23(18)16-34-30(40)26-15-21(33)17-36(26)31(41)28(38)25(14-20-9-4-3-5-10-20)35-29(39)22-11-7-13-27(37)19(22)2/h3-13,21,25-26,28,37-38H,14-17H2,1-2H3,(H,34,40)(H,35,39). The number of nitrogens with one attached hydrogen (secondary N) is 2. The monoisotopic (exact) mass is 581 g/mol. The van der Waals surface area contributed by atoms with Crippen molar-refractivity contribution in [2.75, 3.05) is 6.54 Å². The fourth-order valence-electron chi connectivity index (χ4n) is 5.03. The SMILES string of the molecule is Cc1cccc(Cl)c1CNC(=O)C1CC(F)CN1C(=O)C(O)C(Cc1ccccc1)NC(=O)c1cccc(O)c1C. The number of likely N-dealkylation sites (tertiary alicyclic amines) is 1. The summed E-state index contributed by atoms with van der Waals surface area (Å²) in [7, 11) is 0. The molecule has 0 radical (unpaired) electrons. The number of carbonyl (C=O) groups is 3. The van der Waals surface area contributed by atoms with Crippen LogP contribution in [-0.4, -0.2) is 63.7 Å². The summed E-state index contributed by atoms with van der Waals surface area (Å²) in [5.41, 5.74) is 2.85. The van der Waals surface area contributed by atoms with Gasteiger partial charge in [0.2, 0.25) is 5.91 Å². The Bertz CT molecular complexity index is 1400. The van der Waals surface area contributed by atoms with Crippen LogP contribution in [0.1, 0.15) is 39.0 Å². The highest BCUT2D eigenvalue weighted by Crippen LogP contribution is 2.25. The van der Waals surface area contributed by atoms with E-state index < -0.39 is 42.1 Å². The maximum Gasteiger partial charge on any atom is 0.254 e. The first-order chi connectivity index (χ1) is 19.6. The van der Waals surface area contributed by atoms with Crippen LogP contribution in [0.15, 0.2) is 66.7 Å². The molecule has 4 rings (SSSR count). The van der Waals surface area contributed by atoms with Gasteiger partial charge in [-0.15, -0.1) is 0 Å². The number of hydrogen-bond donors (Lipinski definition) is 4. The maximum atomic E-state index is 14.6. The highest BCUT2D eigenvalue weighted by molar-refractivity contribution is 6.31. The normalized spacial score (nSPS) is 18.0. The van der Waals surface area contributed by atoms with Gasteiger partial charge in [0.15, 0.2) is 6.10 Å². The molecule has 216 valence electrons. The van der Waals surface area contributed by atoms with Gasteiger partial charge in [0, 0.05) is 29.1 Å². The Morgan fingerprint density at radius 3 is 2.46 bits per heavy atom. The third-order valence-corrected chi connectivity index (χ3v) is 7.78. The number of benzene rings is 3. The molecular formula is C31H33ClFN3O5. The zero-order chi connectivity index (χ0) is 29.7. The molecule has 4 N–H and O–H groups in total. The van der Waals surface area contributed by atoms with E-state index in [1.165, 1.54) is 18.2 Å². The molecule has 0 aliphatic carbocycles. The van der Waals surface area contributed by atoms with E-state index >= 15 is 0 Å². The molecule has 0 spiro atoms. The smallest absolute Gasteiger partial charge is 0.254 e. The van der Waals surface area contributed by atoms with Gasteiger partial charge in [-0.3, -0.25) is 14.4 Å². The molecule has 0 saturated carbocycles. The lowest BCUT2D eigenvalue weighted by Gasteiger charge is -2.30. The summed E-state index contributed by atoms with van der Waals surface area (Å²) in [6.07, 6.45) is -3.36. The number of aryl methyl sites for hydroxylation is 1. The van der Waals surface area contributed by atoms with Crippen LogP contribution in [0, 0.1) is 13.8 Å². The van der Waals surface area contributed by atoms with Crippen LogP contribution >= 0.6 is 11.6 Å². The van der Waals surface area contributed by atoms with Gasteiger partial charge >= 0.3 is 0 Å². The third kappa shape index (κ3) is 7.04. The fourth-order valence-corrected chi connectivity index (χ4v) is 5.32. The molecule has 1 heterocycles. The molecule has 1 aliphatic heterocycles. The van der Waals surface area contributed by atoms with E-state index in [0.29, 0.717) is 16.1 Å². The van der Waals surface area contributed by atoms with E-state index in [0.717, 1.165) is 16.0 Å². The lowest BCUT2D eigenvalue weighted by atomic mass is 9.98. The Hall–Kier alpha value is -3.95. The largest absolute Gasteiger partial charge is 0.508 e. The van der Waals surface area contributed by atoms with Crippen LogP contribution in [0.25, 0.3) is 0 Å². The number of aliphatic hydroxyl groups is 1. The Kier molecular flexibility index (Phi) is 9.62. The number of nitrogens with zero attached hydrogens (tertiary/aromatic N) is 1. The predicted octanol–water partition coefficient (Wildman–Crippen LogP) is 3.62. The Morgan fingerprint density at radius 2 is 1.76 bits per heavy atom. The number of aromatic hydroxyl groups is 1. The molecule has 3 aromatic carbocycles. The van der Waals surface area contributed by atoms with Gasteiger partial charge in [-0.2, -0.15) is 0 Å². The number of halogens is 2. The molecule has 1 saturated heterocycles. The molecule has 4 unspecified atom stereocenters. The van der Waals surface area contributed by atoms with Gasteiger partial charge in [0.05, 0.1) is 12.6 Å².